The molecule has 3 rings (SSSR count). The van der Waals surface area contributed by atoms with Gasteiger partial charge in [0.1, 0.15) is 5.82 Å². The summed E-state index contributed by atoms with van der Waals surface area (Å²) in [6.45, 7) is 1.94. The molecule has 5 nitrogen and oxygen atoms in total. The quantitative estimate of drug-likeness (QED) is 0.755. The summed E-state index contributed by atoms with van der Waals surface area (Å²) in [5, 5.41) is 0. The molecule has 6 heteroatoms. The van der Waals surface area contributed by atoms with Gasteiger partial charge in [0.05, 0.1) is 5.75 Å². The van der Waals surface area contributed by atoms with Crippen molar-refractivity contribution in [2.45, 2.75) is 12.7 Å². The Morgan fingerprint density at radius 1 is 1.13 bits per heavy atom. The van der Waals surface area contributed by atoms with Crippen LogP contribution >= 0.6 is 0 Å². The molecule has 0 saturated carbocycles. The molecule has 0 radical (unpaired) electrons. The molecule has 1 aromatic heterocycles. The number of imidazole rings is 1. The average molecular weight is 327 g/mol. The Morgan fingerprint density at radius 2 is 1.96 bits per heavy atom. The molecule has 0 amide bonds. The number of aromatic amines is 1. The molecule has 0 aliphatic heterocycles. The van der Waals surface area contributed by atoms with Crippen LogP contribution in [0.2, 0.25) is 0 Å². The predicted molar refractivity (Wildman–Crippen MR) is 91.4 cm³/mol. The molecule has 23 heavy (non-hydrogen) atoms. The van der Waals surface area contributed by atoms with Crippen molar-refractivity contribution in [2.24, 2.45) is 0 Å². The summed E-state index contributed by atoms with van der Waals surface area (Å²) < 4.78 is 27.3. The first-order valence-electron chi connectivity index (χ1n) is 7.18. The van der Waals surface area contributed by atoms with Crippen LogP contribution in [0.25, 0.3) is 11.4 Å². The summed E-state index contributed by atoms with van der Waals surface area (Å²) in [7, 11) is -3.47. The highest BCUT2D eigenvalue weighted by Crippen LogP contribution is 2.20. The van der Waals surface area contributed by atoms with Crippen molar-refractivity contribution in [3.8, 4) is 11.4 Å². The first-order chi connectivity index (χ1) is 11.0. The number of hydrogen-bond donors (Lipinski definition) is 2. The van der Waals surface area contributed by atoms with E-state index in [-0.39, 0.29) is 5.75 Å². The topological polar surface area (TPSA) is 74.8 Å². The summed E-state index contributed by atoms with van der Waals surface area (Å²) in [6.07, 6.45) is 3.38. The lowest BCUT2D eigenvalue weighted by atomic mass is 10.2. The molecule has 0 fully saturated rings. The number of nitrogens with one attached hydrogen (secondary N) is 2. The van der Waals surface area contributed by atoms with Gasteiger partial charge in [0.25, 0.3) is 0 Å². The zero-order chi connectivity index (χ0) is 16.3. The van der Waals surface area contributed by atoms with Crippen LogP contribution < -0.4 is 4.72 Å². The lowest BCUT2D eigenvalue weighted by Gasteiger charge is -2.09. The van der Waals surface area contributed by atoms with Gasteiger partial charge in [-0.25, -0.2) is 13.4 Å². The van der Waals surface area contributed by atoms with Crippen LogP contribution in [-0.2, 0) is 15.8 Å². The highest BCUT2D eigenvalue weighted by molar-refractivity contribution is 7.91. The molecule has 0 aliphatic rings. The molecule has 0 atom stereocenters. The Kier molecular flexibility index (Phi) is 4.16. The second-order valence-corrected chi connectivity index (χ2v) is 7.09. The summed E-state index contributed by atoms with van der Waals surface area (Å²) >= 11 is 0. The summed E-state index contributed by atoms with van der Waals surface area (Å²) in [4.78, 5) is 7.17. The Morgan fingerprint density at radius 3 is 2.70 bits per heavy atom. The molecule has 118 valence electrons. The average Bonchev–Trinajstić information content (AvgIpc) is 3.00. The fourth-order valence-corrected chi connectivity index (χ4v) is 3.57. The fraction of sp³-hybridized carbons (Fsp3) is 0.118. The van der Waals surface area contributed by atoms with Crippen molar-refractivity contribution in [1.29, 1.82) is 0 Å². The van der Waals surface area contributed by atoms with Gasteiger partial charge in [0.15, 0.2) is 0 Å². The lowest BCUT2D eigenvalue weighted by molar-refractivity contribution is 0.600. The van der Waals surface area contributed by atoms with Gasteiger partial charge in [0, 0.05) is 23.6 Å². The number of H-pyrrole nitrogens is 1. The molecule has 0 saturated heterocycles. The molecule has 3 aromatic rings. The van der Waals surface area contributed by atoms with Crippen LogP contribution in [0.1, 0.15) is 11.1 Å². The predicted octanol–water partition coefficient (Wildman–Crippen LogP) is 3.33. The number of rotatable bonds is 5. The van der Waals surface area contributed by atoms with E-state index in [1.165, 1.54) is 0 Å². The molecular formula is C17H17N3O2S. The van der Waals surface area contributed by atoms with Gasteiger partial charge < -0.3 is 4.98 Å². The van der Waals surface area contributed by atoms with Crippen molar-refractivity contribution in [1.82, 2.24) is 9.97 Å². The van der Waals surface area contributed by atoms with Gasteiger partial charge in [-0.15, -0.1) is 0 Å². The minimum atomic E-state index is -3.47. The van der Waals surface area contributed by atoms with Crippen LogP contribution in [0.15, 0.2) is 60.9 Å². The van der Waals surface area contributed by atoms with Crippen LogP contribution in [0.5, 0.6) is 0 Å². The van der Waals surface area contributed by atoms with Crippen LogP contribution in [0.3, 0.4) is 0 Å². The normalized spacial score (nSPS) is 11.3. The third-order valence-electron chi connectivity index (χ3n) is 3.35. The second-order valence-electron chi connectivity index (χ2n) is 5.37. The fourth-order valence-electron chi connectivity index (χ4n) is 2.39. The van der Waals surface area contributed by atoms with Crippen molar-refractivity contribution >= 4 is 15.7 Å². The summed E-state index contributed by atoms with van der Waals surface area (Å²) in [6, 6.07) is 14.6. The third-order valence-corrected chi connectivity index (χ3v) is 4.61. The highest BCUT2D eigenvalue weighted by Gasteiger charge is 2.12. The first-order valence-corrected chi connectivity index (χ1v) is 8.83. The van der Waals surface area contributed by atoms with Gasteiger partial charge in [-0.05, 0) is 24.6 Å². The maximum Gasteiger partial charge on any atom is 0.236 e. The van der Waals surface area contributed by atoms with E-state index in [0.29, 0.717) is 11.5 Å². The van der Waals surface area contributed by atoms with E-state index in [2.05, 4.69) is 14.7 Å². The van der Waals surface area contributed by atoms with Gasteiger partial charge in [-0.3, -0.25) is 4.72 Å². The number of hydrogen-bond acceptors (Lipinski definition) is 3. The van der Waals surface area contributed by atoms with Gasteiger partial charge in [0.2, 0.25) is 10.0 Å². The number of nitrogens with zero attached hydrogens (tertiary/aromatic N) is 1. The van der Waals surface area contributed by atoms with E-state index < -0.39 is 10.0 Å². The zero-order valence-electron chi connectivity index (χ0n) is 12.7. The smallest absolute Gasteiger partial charge is 0.236 e. The Bertz CT molecular complexity index is 903. The van der Waals surface area contributed by atoms with E-state index >= 15 is 0 Å². The molecule has 1 heterocycles. The summed E-state index contributed by atoms with van der Waals surface area (Å²) in [5.41, 5.74) is 3.15. The molecule has 2 aromatic carbocycles. The first kappa shape index (κ1) is 15.3. The number of sulfonamides is 1. The van der Waals surface area contributed by atoms with Crippen molar-refractivity contribution in [3.63, 3.8) is 0 Å². The second kappa shape index (κ2) is 6.26. The Labute approximate surface area is 135 Å². The van der Waals surface area contributed by atoms with E-state index in [9.17, 15) is 8.42 Å². The van der Waals surface area contributed by atoms with Crippen molar-refractivity contribution < 1.29 is 8.42 Å². The molecule has 0 spiro atoms. The van der Waals surface area contributed by atoms with E-state index in [4.69, 9.17) is 0 Å². The maximum absolute atomic E-state index is 12.3. The Balaban J connectivity index is 1.79. The zero-order valence-corrected chi connectivity index (χ0v) is 13.5. The Hall–Kier alpha value is -2.60. The molecule has 0 aliphatic carbocycles. The summed E-state index contributed by atoms with van der Waals surface area (Å²) in [5.74, 6) is 0.643. The minimum Gasteiger partial charge on any atom is -0.345 e. The highest BCUT2D eigenvalue weighted by atomic mass is 32.2. The van der Waals surface area contributed by atoms with Crippen LogP contribution in [0.4, 0.5) is 5.69 Å². The van der Waals surface area contributed by atoms with E-state index in [1.54, 1.807) is 30.6 Å². The van der Waals surface area contributed by atoms with E-state index in [1.807, 2.05) is 37.3 Å². The SMILES string of the molecule is Cc1cccc(CS(=O)(=O)Nc2cccc(-c3ncc[nH]3)c2)c1. The third kappa shape index (κ3) is 3.98. The number of anilines is 1. The number of aryl methyl sites for hydroxylation is 1. The van der Waals surface area contributed by atoms with Crippen LogP contribution in [0, 0.1) is 6.92 Å². The van der Waals surface area contributed by atoms with Gasteiger partial charge >= 0.3 is 0 Å². The lowest BCUT2D eigenvalue weighted by Crippen LogP contribution is -2.15. The standard InChI is InChI=1S/C17H17N3O2S/c1-13-4-2-5-14(10-13)12-23(21,22)20-16-7-3-6-15(11-16)17-18-8-9-19-17/h2-11,20H,12H2,1H3,(H,18,19). The number of aromatic nitrogens is 2. The van der Waals surface area contributed by atoms with E-state index in [0.717, 1.165) is 16.7 Å². The molecule has 0 bridgehead atoms. The van der Waals surface area contributed by atoms with Crippen LogP contribution in [-0.4, -0.2) is 18.4 Å². The van der Waals surface area contributed by atoms with Gasteiger partial charge in [-0.2, -0.15) is 0 Å². The largest absolute Gasteiger partial charge is 0.345 e. The monoisotopic (exact) mass is 327 g/mol. The van der Waals surface area contributed by atoms with Crippen molar-refractivity contribution in [3.05, 3.63) is 72.1 Å². The molecule has 0 unspecified atom stereocenters. The maximum atomic E-state index is 12.3. The molecular weight excluding hydrogens is 310 g/mol. The number of benzene rings is 2. The molecule has 2 N–H and O–H groups in total. The van der Waals surface area contributed by atoms with Gasteiger partial charge in [-0.1, -0.05) is 42.0 Å². The van der Waals surface area contributed by atoms with Crippen molar-refractivity contribution in [2.75, 3.05) is 4.72 Å². The minimum absolute atomic E-state index is 0.0559.